The van der Waals surface area contributed by atoms with E-state index in [0.717, 1.165) is 17.0 Å². The third-order valence-corrected chi connectivity index (χ3v) is 2.64. The number of nitrogens with one attached hydrogen (secondary N) is 1. The van der Waals surface area contributed by atoms with Crippen molar-refractivity contribution in [1.82, 2.24) is 9.78 Å². The summed E-state index contributed by atoms with van der Waals surface area (Å²) in [6, 6.07) is 7.88. The van der Waals surface area contributed by atoms with Gasteiger partial charge in [0.2, 0.25) is 0 Å². The number of methoxy groups -OCH3 is 1. The number of hydrogen-bond acceptors (Lipinski definition) is 4. The summed E-state index contributed by atoms with van der Waals surface area (Å²) in [4.78, 5) is 0. The molecule has 0 unspecified atom stereocenters. The molecule has 0 bridgehead atoms. The quantitative estimate of drug-likeness (QED) is 0.850. The minimum Gasteiger partial charge on any atom is -0.496 e. The average Bonchev–Trinajstić information content (AvgIpc) is 2.85. The molecule has 0 spiro atoms. The van der Waals surface area contributed by atoms with Crippen molar-refractivity contribution in [1.29, 1.82) is 0 Å². The molecule has 0 aliphatic heterocycles. The smallest absolute Gasteiger partial charge is 0.123 e. The van der Waals surface area contributed by atoms with Crippen LogP contribution in [0, 0.1) is 0 Å². The molecule has 6 heteroatoms. The zero-order valence-electron chi connectivity index (χ0n) is 10.7. The maximum Gasteiger partial charge on any atom is 0.123 e. The second kappa shape index (κ2) is 7.66. The Balaban J connectivity index is 0.00000180. The molecule has 2 aromatic rings. The minimum absolute atomic E-state index is 0. The van der Waals surface area contributed by atoms with Gasteiger partial charge < -0.3 is 15.2 Å². The molecule has 0 amide bonds. The Kier molecular flexibility index (Phi) is 6.18. The predicted octanol–water partition coefficient (Wildman–Crippen LogP) is 1.92. The lowest BCUT2D eigenvalue weighted by Gasteiger charge is -2.08. The summed E-state index contributed by atoms with van der Waals surface area (Å²) in [6.45, 7) is 1.28. The van der Waals surface area contributed by atoms with E-state index in [-0.39, 0.29) is 19.0 Å². The molecule has 2 N–H and O–H groups in total. The van der Waals surface area contributed by atoms with Crippen LogP contribution in [0.3, 0.4) is 0 Å². The summed E-state index contributed by atoms with van der Waals surface area (Å²) >= 11 is 0. The number of aliphatic hydroxyl groups excluding tert-OH is 1. The first-order valence-electron chi connectivity index (χ1n) is 5.82. The summed E-state index contributed by atoms with van der Waals surface area (Å²) in [5.41, 5.74) is 2.02. The van der Waals surface area contributed by atoms with Gasteiger partial charge in [0.15, 0.2) is 0 Å². The van der Waals surface area contributed by atoms with Gasteiger partial charge >= 0.3 is 0 Å². The number of halogens is 1. The number of anilines is 1. The molecule has 0 fully saturated rings. The molecule has 0 atom stereocenters. The molecule has 19 heavy (non-hydrogen) atoms. The summed E-state index contributed by atoms with van der Waals surface area (Å²) < 4.78 is 6.98. The molecular formula is C13H18ClN3O2. The van der Waals surface area contributed by atoms with E-state index < -0.39 is 0 Å². The van der Waals surface area contributed by atoms with E-state index >= 15 is 0 Å². The second-order valence-corrected chi connectivity index (χ2v) is 3.88. The Labute approximate surface area is 118 Å². The van der Waals surface area contributed by atoms with Gasteiger partial charge in [-0.15, -0.1) is 12.4 Å². The number of aromatic nitrogens is 2. The summed E-state index contributed by atoms with van der Waals surface area (Å²) in [5.74, 6) is 0.868. The van der Waals surface area contributed by atoms with E-state index in [1.165, 1.54) is 0 Å². The topological polar surface area (TPSA) is 59.3 Å². The maximum atomic E-state index is 8.81. The highest BCUT2D eigenvalue weighted by molar-refractivity contribution is 5.85. The molecule has 1 aromatic carbocycles. The molecule has 0 saturated heterocycles. The van der Waals surface area contributed by atoms with Crippen molar-refractivity contribution in [3.05, 3.63) is 42.2 Å². The van der Waals surface area contributed by atoms with Gasteiger partial charge in [-0.1, -0.05) is 18.2 Å². The highest BCUT2D eigenvalue weighted by Gasteiger charge is 2.02. The van der Waals surface area contributed by atoms with Crippen molar-refractivity contribution >= 4 is 18.1 Å². The van der Waals surface area contributed by atoms with Gasteiger partial charge in [-0.05, 0) is 6.07 Å². The van der Waals surface area contributed by atoms with Gasteiger partial charge in [-0.3, -0.25) is 4.68 Å². The van der Waals surface area contributed by atoms with Crippen LogP contribution in [-0.2, 0) is 13.1 Å². The molecule has 2 rings (SSSR count). The van der Waals surface area contributed by atoms with Crippen molar-refractivity contribution in [2.45, 2.75) is 13.1 Å². The SMILES string of the molecule is COc1ccccc1CNc1cnn(CCO)c1.Cl. The average molecular weight is 284 g/mol. The van der Waals surface area contributed by atoms with Crippen molar-refractivity contribution in [3.63, 3.8) is 0 Å². The van der Waals surface area contributed by atoms with Crippen molar-refractivity contribution in [2.75, 3.05) is 19.0 Å². The molecule has 0 aliphatic carbocycles. The molecule has 5 nitrogen and oxygen atoms in total. The standard InChI is InChI=1S/C13H17N3O2.ClH/c1-18-13-5-3-2-4-11(13)8-14-12-9-15-16(10-12)6-7-17;/h2-5,9-10,14,17H,6-8H2,1H3;1H. The molecule has 0 saturated carbocycles. The van der Waals surface area contributed by atoms with Crippen LogP contribution in [0.4, 0.5) is 5.69 Å². The highest BCUT2D eigenvalue weighted by atomic mass is 35.5. The largest absolute Gasteiger partial charge is 0.496 e. The maximum absolute atomic E-state index is 8.81. The second-order valence-electron chi connectivity index (χ2n) is 3.88. The fraction of sp³-hybridized carbons (Fsp3) is 0.308. The number of rotatable bonds is 6. The van der Waals surface area contributed by atoms with Crippen LogP contribution < -0.4 is 10.1 Å². The third kappa shape index (κ3) is 4.15. The van der Waals surface area contributed by atoms with E-state index in [9.17, 15) is 0 Å². The minimum atomic E-state index is 0. The Morgan fingerprint density at radius 2 is 2.16 bits per heavy atom. The number of hydrogen-bond donors (Lipinski definition) is 2. The molecule has 0 aliphatic rings. The van der Waals surface area contributed by atoms with Gasteiger partial charge in [0.1, 0.15) is 5.75 Å². The Hall–Kier alpha value is -1.72. The lowest BCUT2D eigenvalue weighted by Crippen LogP contribution is -2.02. The van der Waals surface area contributed by atoms with Gasteiger partial charge in [0, 0.05) is 18.3 Å². The van der Waals surface area contributed by atoms with Gasteiger partial charge in [-0.2, -0.15) is 5.10 Å². The van der Waals surface area contributed by atoms with E-state index in [0.29, 0.717) is 13.1 Å². The van der Waals surface area contributed by atoms with Crippen LogP contribution in [0.15, 0.2) is 36.7 Å². The lowest BCUT2D eigenvalue weighted by molar-refractivity contribution is 0.269. The van der Waals surface area contributed by atoms with Gasteiger partial charge in [0.25, 0.3) is 0 Å². The normalized spacial score (nSPS) is 9.79. The predicted molar refractivity (Wildman–Crippen MR) is 76.9 cm³/mol. The third-order valence-electron chi connectivity index (χ3n) is 2.64. The number of benzene rings is 1. The number of nitrogens with zero attached hydrogens (tertiary/aromatic N) is 2. The van der Waals surface area contributed by atoms with Crippen molar-refractivity contribution in [3.8, 4) is 5.75 Å². The van der Waals surface area contributed by atoms with Crippen molar-refractivity contribution in [2.24, 2.45) is 0 Å². The van der Waals surface area contributed by atoms with Crippen LogP contribution >= 0.6 is 12.4 Å². The van der Waals surface area contributed by atoms with E-state index in [1.807, 2.05) is 30.5 Å². The zero-order chi connectivity index (χ0) is 12.8. The van der Waals surface area contributed by atoms with Crippen LogP contribution in [0.2, 0.25) is 0 Å². The first-order chi connectivity index (χ1) is 8.83. The summed E-state index contributed by atoms with van der Waals surface area (Å²) in [6.07, 6.45) is 3.61. The van der Waals surface area contributed by atoms with Crippen LogP contribution in [-0.4, -0.2) is 28.6 Å². The molecule has 1 heterocycles. The fourth-order valence-electron chi connectivity index (χ4n) is 1.73. The number of para-hydroxylation sites is 1. The Bertz CT molecular complexity index is 502. The van der Waals surface area contributed by atoms with Gasteiger partial charge in [-0.25, -0.2) is 0 Å². The number of aliphatic hydroxyl groups is 1. The van der Waals surface area contributed by atoms with Crippen LogP contribution in [0.1, 0.15) is 5.56 Å². The molecular weight excluding hydrogens is 266 g/mol. The lowest BCUT2D eigenvalue weighted by atomic mass is 10.2. The first kappa shape index (κ1) is 15.3. The zero-order valence-corrected chi connectivity index (χ0v) is 11.6. The Morgan fingerprint density at radius 1 is 1.37 bits per heavy atom. The highest BCUT2D eigenvalue weighted by Crippen LogP contribution is 2.18. The molecule has 1 aromatic heterocycles. The van der Waals surface area contributed by atoms with Gasteiger partial charge in [0.05, 0.1) is 32.1 Å². The molecule has 0 radical (unpaired) electrons. The first-order valence-corrected chi connectivity index (χ1v) is 5.82. The fourth-order valence-corrected chi connectivity index (χ4v) is 1.73. The monoisotopic (exact) mass is 283 g/mol. The molecule has 104 valence electrons. The number of ether oxygens (including phenoxy) is 1. The van der Waals surface area contributed by atoms with Crippen LogP contribution in [0.5, 0.6) is 5.75 Å². The summed E-state index contributed by atoms with van der Waals surface area (Å²) in [5, 5.41) is 16.2. The van der Waals surface area contributed by atoms with E-state index in [1.54, 1.807) is 18.0 Å². The van der Waals surface area contributed by atoms with E-state index in [2.05, 4.69) is 10.4 Å². The van der Waals surface area contributed by atoms with Crippen molar-refractivity contribution < 1.29 is 9.84 Å². The summed E-state index contributed by atoms with van der Waals surface area (Å²) in [7, 11) is 1.66. The van der Waals surface area contributed by atoms with E-state index in [4.69, 9.17) is 9.84 Å². The Morgan fingerprint density at radius 3 is 2.89 bits per heavy atom. The van der Waals surface area contributed by atoms with Crippen LogP contribution in [0.25, 0.3) is 0 Å².